The van der Waals surface area contributed by atoms with Gasteiger partial charge in [0.25, 0.3) is 0 Å². The molecule has 1 unspecified atom stereocenters. The average molecular weight is 137 g/mol. The number of ketones is 1. The van der Waals surface area contributed by atoms with Gasteiger partial charge in [0.1, 0.15) is 0 Å². The van der Waals surface area contributed by atoms with Crippen LogP contribution in [0.1, 0.15) is 13.8 Å². The molecular formula is C8H11NO. The van der Waals surface area contributed by atoms with Gasteiger partial charge in [0, 0.05) is 11.6 Å². The summed E-state index contributed by atoms with van der Waals surface area (Å²) in [6.45, 7) is 3.58. The van der Waals surface area contributed by atoms with Crippen LogP contribution in [0.2, 0.25) is 0 Å². The highest BCUT2D eigenvalue weighted by Gasteiger charge is 2.05. The second kappa shape index (κ2) is 2.69. The van der Waals surface area contributed by atoms with Gasteiger partial charge in [-0.1, -0.05) is 6.08 Å². The quantitative estimate of drug-likeness (QED) is 0.584. The average Bonchev–Trinajstić information content (AvgIpc) is 1.88. The molecule has 0 saturated carbocycles. The third kappa shape index (κ3) is 1.47. The minimum Gasteiger partial charge on any atom is -0.385 e. The number of hydrogen-bond acceptors (Lipinski definition) is 2. The number of Topliss-reactive ketones (excluding diaryl/α,β-unsaturated/α-hetero) is 1. The van der Waals surface area contributed by atoms with Gasteiger partial charge in [-0.05, 0) is 26.1 Å². The zero-order chi connectivity index (χ0) is 7.56. The van der Waals surface area contributed by atoms with Crippen molar-refractivity contribution in [3.05, 3.63) is 23.9 Å². The largest absolute Gasteiger partial charge is 0.385 e. The van der Waals surface area contributed by atoms with E-state index >= 15 is 0 Å². The fraction of sp³-hybridized carbons (Fsp3) is 0.375. The van der Waals surface area contributed by atoms with Crippen LogP contribution in [0.15, 0.2) is 23.9 Å². The second-order valence-electron chi connectivity index (χ2n) is 2.47. The van der Waals surface area contributed by atoms with Crippen molar-refractivity contribution in [2.75, 3.05) is 0 Å². The lowest BCUT2D eigenvalue weighted by molar-refractivity contribution is -0.113. The first-order chi connectivity index (χ1) is 4.70. The van der Waals surface area contributed by atoms with Crippen molar-refractivity contribution in [3.63, 3.8) is 0 Å². The third-order valence-corrected chi connectivity index (χ3v) is 1.46. The maximum Gasteiger partial charge on any atom is 0.159 e. The highest BCUT2D eigenvalue weighted by molar-refractivity contribution is 5.96. The van der Waals surface area contributed by atoms with Gasteiger partial charge in [-0.15, -0.1) is 0 Å². The van der Waals surface area contributed by atoms with E-state index in [-0.39, 0.29) is 11.8 Å². The Morgan fingerprint density at radius 2 is 2.40 bits per heavy atom. The maximum atomic E-state index is 10.8. The van der Waals surface area contributed by atoms with E-state index in [0.29, 0.717) is 0 Å². The van der Waals surface area contributed by atoms with E-state index in [4.69, 9.17) is 0 Å². The highest BCUT2D eigenvalue weighted by atomic mass is 16.1. The maximum absolute atomic E-state index is 10.8. The monoisotopic (exact) mass is 137 g/mol. The van der Waals surface area contributed by atoms with Crippen molar-refractivity contribution in [2.24, 2.45) is 0 Å². The fourth-order valence-corrected chi connectivity index (χ4v) is 0.897. The van der Waals surface area contributed by atoms with Gasteiger partial charge < -0.3 is 5.32 Å². The van der Waals surface area contributed by atoms with Crippen molar-refractivity contribution < 1.29 is 4.79 Å². The molecule has 0 aromatic carbocycles. The van der Waals surface area contributed by atoms with Gasteiger partial charge in [-0.25, -0.2) is 0 Å². The van der Waals surface area contributed by atoms with E-state index in [0.717, 1.165) is 5.57 Å². The zero-order valence-corrected chi connectivity index (χ0v) is 6.22. The van der Waals surface area contributed by atoms with Crippen LogP contribution in [-0.4, -0.2) is 11.8 Å². The molecular weight excluding hydrogens is 126 g/mol. The van der Waals surface area contributed by atoms with Crippen molar-refractivity contribution in [2.45, 2.75) is 19.9 Å². The molecule has 0 fully saturated rings. The molecule has 1 atom stereocenters. The van der Waals surface area contributed by atoms with Gasteiger partial charge in [0.05, 0.1) is 0 Å². The molecule has 0 aromatic heterocycles. The zero-order valence-electron chi connectivity index (χ0n) is 6.22. The van der Waals surface area contributed by atoms with Crippen molar-refractivity contribution in [1.29, 1.82) is 0 Å². The lowest BCUT2D eigenvalue weighted by atomic mass is 10.1. The molecule has 1 N–H and O–H groups in total. The standard InChI is InChI=1S/C8H11NO/c1-6-5-8(7(2)10)3-4-9-6/h3-6,9H,1-2H3. The summed E-state index contributed by atoms with van der Waals surface area (Å²) < 4.78 is 0. The Balaban J connectivity index is 2.76. The molecule has 2 nitrogen and oxygen atoms in total. The summed E-state index contributed by atoms with van der Waals surface area (Å²) in [7, 11) is 0. The molecule has 54 valence electrons. The molecule has 2 heteroatoms. The molecule has 0 aromatic rings. The molecule has 1 heterocycles. The summed E-state index contributed by atoms with van der Waals surface area (Å²) in [5.41, 5.74) is 0.797. The number of nitrogens with one attached hydrogen (secondary N) is 1. The van der Waals surface area contributed by atoms with Gasteiger partial charge in [0.15, 0.2) is 5.78 Å². The number of carbonyl (C=O) groups excluding carboxylic acids is 1. The lowest BCUT2D eigenvalue weighted by Crippen LogP contribution is -2.22. The first-order valence-electron chi connectivity index (χ1n) is 3.35. The Bertz CT molecular complexity index is 203. The number of dihydropyridines is 1. The first kappa shape index (κ1) is 7.06. The van der Waals surface area contributed by atoms with Crippen LogP contribution in [0.25, 0.3) is 0 Å². The predicted molar refractivity (Wildman–Crippen MR) is 40.5 cm³/mol. The third-order valence-electron chi connectivity index (χ3n) is 1.46. The summed E-state index contributed by atoms with van der Waals surface area (Å²) in [5, 5.41) is 3.06. The van der Waals surface area contributed by atoms with E-state index in [1.165, 1.54) is 0 Å². The van der Waals surface area contributed by atoms with Gasteiger partial charge in [-0.2, -0.15) is 0 Å². The second-order valence-corrected chi connectivity index (χ2v) is 2.47. The van der Waals surface area contributed by atoms with Crippen LogP contribution in [0.3, 0.4) is 0 Å². The van der Waals surface area contributed by atoms with Crippen molar-refractivity contribution in [3.8, 4) is 0 Å². The minimum atomic E-state index is 0.129. The molecule has 0 aliphatic carbocycles. The van der Waals surface area contributed by atoms with Crippen LogP contribution in [0.5, 0.6) is 0 Å². The summed E-state index contributed by atoms with van der Waals surface area (Å²) in [6.07, 6.45) is 5.52. The summed E-state index contributed by atoms with van der Waals surface area (Å²) in [5.74, 6) is 0.129. The SMILES string of the molecule is CC(=O)C1=CC(C)NC=C1. The van der Waals surface area contributed by atoms with Crippen LogP contribution in [0.4, 0.5) is 0 Å². The number of carbonyl (C=O) groups is 1. The fourth-order valence-electron chi connectivity index (χ4n) is 0.897. The molecule has 0 spiro atoms. The summed E-state index contributed by atoms with van der Waals surface area (Å²) in [4.78, 5) is 10.8. The van der Waals surface area contributed by atoms with E-state index in [9.17, 15) is 4.79 Å². The van der Waals surface area contributed by atoms with Crippen LogP contribution >= 0.6 is 0 Å². The molecule has 0 saturated heterocycles. The molecule has 0 radical (unpaired) electrons. The van der Waals surface area contributed by atoms with Crippen molar-refractivity contribution >= 4 is 5.78 Å². The lowest BCUT2D eigenvalue weighted by Gasteiger charge is -2.12. The molecule has 1 rings (SSSR count). The van der Waals surface area contributed by atoms with Crippen LogP contribution in [-0.2, 0) is 4.79 Å². The Morgan fingerprint density at radius 1 is 1.70 bits per heavy atom. The summed E-state index contributed by atoms with van der Waals surface area (Å²) >= 11 is 0. The first-order valence-corrected chi connectivity index (χ1v) is 3.35. The van der Waals surface area contributed by atoms with Gasteiger partial charge >= 0.3 is 0 Å². The normalized spacial score (nSPS) is 23.4. The Labute approximate surface area is 60.6 Å². The van der Waals surface area contributed by atoms with Crippen LogP contribution < -0.4 is 5.32 Å². The van der Waals surface area contributed by atoms with E-state index < -0.39 is 0 Å². The Hall–Kier alpha value is -1.05. The topological polar surface area (TPSA) is 29.1 Å². The van der Waals surface area contributed by atoms with Gasteiger partial charge in [-0.3, -0.25) is 4.79 Å². The molecule has 1 aliphatic rings. The van der Waals surface area contributed by atoms with E-state index in [2.05, 4.69) is 5.32 Å². The number of hydrogen-bond donors (Lipinski definition) is 1. The predicted octanol–water partition coefficient (Wildman–Crippen LogP) is 1.01. The van der Waals surface area contributed by atoms with E-state index in [1.54, 1.807) is 19.2 Å². The number of rotatable bonds is 1. The molecule has 10 heavy (non-hydrogen) atoms. The number of allylic oxidation sites excluding steroid dienone is 2. The molecule has 1 aliphatic heterocycles. The van der Waals surface area contributed by atoms with E-state index in [1.807, 2.05) is 13.0 Å². The minimum absolute atomic E-state index is 0.129. The smallest absolute Gasteiger partial charge is 0.159 e. The van der Waals surface area contributed by atoms with Crippen molar-refractivity contribution in [1.82, 2.24) is 5.32 Å². The Morgan fingerprint density at radius 3 is 2.80 bits per heavy atom. The molecule has 0 amide bonds. The highest BCUT2D eigenvalue weighted by Crippen LogP contribution is 2.04. The summed E-state index contributed by atoms with van der Waals surface area (Å²) in [6, 6.07) is 0.281. The Kier molecular flexibility index (Phi) is 1.90. The van der Waals surface area contributed by atoms with Crippen LogP contribution in [0, 0.1) is 0 Å². The van der Waals surface area contributed by atoms with Gasteiger partial charge in [0.2, 0.25) is 0 Å². The molecule has 0 bridgehead atoms.